The van der Waals surface area contributed by atoms with Crippen molar-refractivity contribution in [3.8, 4) is 22.3 Å². The molecule has 0 radical (unpaired) electrons. The van der Waals surface area contributed by atoms with Crippen LogP contribution in [-0.4, -0.2) is 0 Å². The predicted octanol–water partition coefficient (Wildman–Crippen LogP) is 17.7. The maximum absolute atomic E-state index is 5.60. The summed E-state index contributed by atoms with van der Waals surface area (Å²) in [6.45, 7) is 39.8. The largest absolute Gasteiger partial charge is 0.457 e. The molecule has 340 valence electrons. The molecule has 1 heteroatoms. The van der Waals surface area contributed by atoms with E-state index in [1.165, 1.54) is 77.9 Å². The molecule has 7 aromatic rings. The van der Waals surface area contributed by atoms with Gasteiger partial charge in [0.05, 0.1) is 0 Å². The summed E-state index contributed by atoms with van der Waals surface area (Å²) in [5.74, 6) is 0.660. The third-order valence-corrected chi connectivity index (χ3v) is 12.0. The Bertz CT molecular complexity index is 2870. The van der Waals surface area contributed by atoms with Gasteiger partial charge in [0.1, 0.15) is 11.0 Å². The van der Waals surface area contributed by atoms with Crippen LogP contribution in [0.4, 0.5) is 0 Å². The van der Waals surface area contributed by atoms with Crippen LogP contribution in [0, 0.1) is 33.6 Å². The van der Waals surface area contributed by atoms with Gasteiger partial charge >= 0.3 is 0 Å². The zero-order chi connectivity index (χ0) is 48.4. The monoisotopic (exact) mass is 871 g/mol. The second kappa shape index (κ2) is 25.1. The van der Waals surface area contributed by atoms with Gasteiger partial charge in [0.25, 0.3) is 0 Å². The number of hydrogen-bond donors (Lipinski definition) is 0. The first-order valence-electron chi connectivity index (χ1n) is 23.5. The van der Waals surface area contributed by atoms with Crippen LogP contribution in [-0.2, 0) is 5.41 Å². The minimum absolute atomic E-state index is 0.0406. The van der Waals surface area contributed by atoms with Crippen LogP contribution >= 0.6 is 0 Å². The van der Waals surface area contributed by atoms with Gasteiger partial charge in [-0.25, -0.2) is 0 Å². The Labute approximate surface area is 398 Å². The second-order valence-corrected chi connectivity index (χ2v) is 17.6. The molecule has 6 aromatic carbocycles. The van der Waals surface area contributed by atoms with Crippen molar-refractivity contribution in [1.29, 1.82) is 0 Å². The van der Waals surface area contributed by atoms with Crippen molar-refractivity contribution in [2.24, 2.45) is 5.92 Å². The number of aryl methyl sites for hydroxylation is 4. The van der Waals surface area contributed by atoms with Crippen LogP contribution in [0.3, 0.4) is 0 Å². The molecule has 0 saturated carbocycles. The van der Waals surface area contributed by atoms with Gasteiger partial charge in [-0.15, -0.1) is 0 Å². The zero-order valence-electron chi connectivity index (χ0n) is 41.9. The van der Waals surface area contributed by atoms with Crippen molar-refractivity contribution in [3.63, 3.8) is 0 Å². The molecule has 1 aromatic heterocycles. The molecule has 0 bridgehead atoms. The lowest BCUT2D eigenvalue weighted by Crippen LogP contribution is -2.20. The van der Waals surface area contributed by atoms with E-state index in [-0.39, 0.29) is 5.41 Å². The lowest BCUT2D eigenvalue weighted by Gasteiger charge is -2.23. The molecule has 0 aliphatic heterocycles. The van der Waals surface area contributed by atoms with E-state index < -0.39 is 0 Å². The fourth-order valence-electron chi connectivity index (χ4n) is 8.40. The van der Waals surface area contributed by atoms with Crippen LogP contribution in [0.2, 0.25) is 0 Å². The van der Waals surface area contributed by atoms with Gasteiger partial charge in [-0.3, -0.25) is 0 Å². The van der Waals surface area contributed by atoms with Crippen molar-refractivity contribution in [2.75, 3.05) is 0 Å². The van der Waals surface area contributed by atoms with Gasteiger partial charge in [0.2, 0.25) is 0 Å². The Balaban J connectivity index is 0.000000189. The van der Waals surface area contributed by atoms with Gasteiger partial charge in [0.15, 0.2) is 0 Å². The average molecular weight is 871 g/mol. The van der Waals surface area contributed by atoms with E-state index in [0.717, 1.165) is 34.4 Å². The Morgan fingerprint density at radius 2 is 1.24 bits per heavy atom. The minimum Gasteiger partial charge on any atom is -0.457 e. The molecule has 1 nitrogen and oxygen atoms in total. The highest BCUT2D eigenvalue weighted by atomic mass is 16.3. The summed E-state index contributed by atoms with van der Waals surface area (Å²) in [6.07, 6.45) is 14.5. The van der Waals surface area contributed by atoms with Crippen molar-refractivity contribution >= 4 is 35.3 Å². The predicted molar refractivity (Wildman–Crippen MR) is 294 cm³/mol. The highest BCUT2D eigenvalue weighted by Gasteiger charge is 2.37. The van der Waals surface area contributed by atoms with E-state index in [9.17, 15) is 0 Å². The summed E-state index contributed by atoms with van der Waals surface area (Å²) in [4.78, 5) is 0. The van der Waals surface area contributed by atoms with Crippen molar-refractivity contribution in [2.45, 2.75) is 94.4 Å². The molecular formula is C65H74O. The summed E-state index contributed by atoms with van der Waals surface area (Å²) in [5, 5.41) is 2.22. The number of allylic oxidation sites excluding steroid dienone is 5. The first-order chi connectivity index (χ1) is 31.7. The molecule has 66 heavy (non-hydrogen) atoms. The first kappa shape index (κ1) is 51.9. The molecule has 0 unspecified atom stereocenters. The van der Waals surface area contributed by atoms with Crippen LogP contribution in [0.25, 0.3) is 57.5 Å². The van der Waals surface area contributed by atoms with Gasteiger partial charge in [-0.05, 0) is 115 Å². The molecule has 0 atom stereocenters. The zero-order valence-corrected chi connectivity index (χ0v) is 41.9. The van der Waals surface area contributed by atoms with Gasteiger partial charge in [0, 0.05) is 16.0 Å². The van der Waals surface area contributed by atoms with E-state index in [1.54, 1.807) is 0 Å². The third kappa shape index (κ3) is 13.2. The van der Waals surface area contributed by atoms with Gasteiger partial charge in [-0.1, -0.05) is 254 Å². The number of benzene rings is 6. The lowest BCUT2D eigenvalue weighted by molar-refractivity contribution is 0.577. The Morgan fingerprint density at radius 1 is 0.652 bits per heavy atom. The highest BCUT2D eigenvalue weighted by Crippen LogP contribution is 2.51. The molecule has 8 rings (SSSR count). The SMILES string of the molecule is C/C=C(\C=C/CC)C(C)C.C=C/C(CC)=c1\c(=C)oc2ccccc12.C=Cc1c(C)cc2c(c1C=C)-c1ccc(C)cc1C2(C)C.Cc1cccc(-c2ccccc2)c1.Cc1ccccc1. The Kier molecular flexibility index (Phi) is 19.8. The molecule has 0 amide bonds. The topological polar surface area (TPSA) is 13.1 Å². The minimum atomic E-state index is 0.0406. The van der Waals surface area contributed by atoms with Gasteiger partial charge < -0.3 is 4.42 Å². The highest BCUT2D eigenvalue weighted by molar-refractivity contribution is 5.91. The standard InChI is InChI=1S/C21H22.C14H14O.C13H12.C10H18.C7H8/c1-7-15-14(4)12-19-20(16(15)8-2)17-10-9-13(3)11-18(17)21(19,5)6;1-4-11(5-2)14-10(3)15-13-9-7-6-8-12(13)14;1-11-6-5-9-13(10-11)12-7-3-2-4-8-12;1-5-7-8-10(6-2)9(3)4;1-7-5-3-2-4-6-7/h7-12H,1-2H2,3-6H3;4,6-9H,1,3,5H2,2H3;2-10H,1H3;6-9H,5H2,1-4H3;2-6H,1H3/b;14-11-;;8-7-,10-6+;. The molecule has 1 heterocycles. The molecule has 1 aliphatic rings. The molecular weight excluding hydrogens is 797 g/mol. The second-order valence-electron chi connectivity index (χ2n) is 17.6. The maximum atomic E-state index is 5.60. The van der Waals surface area contributed by atoms with E-state index in [0.29, 0.717) is 5.92 Å². The number of rotatable bonds is 8. The smallest absolute Gasteiger partial charge is 0.135 e. The molecule has 0 spiro atoms. The summed E-state index contributed by atoms with van der Waals surface area (Å²) in [7, 11) is 0. The van der Waals surface area contributed by atoms with Crippen molar-refractivity contribution in [3.05, 3.63) is 238 Å². The Morgan fingerprint density at radius 3 is 1.79 bits per heavy atom. The van der Waals surface area contributed by atoms with E-state index in [4.69, 9.17) is 4.42 Å². The molecule has 0 saturated heterocycles. The molecule has 0 N–H and O–H groups in total. The van der Waals surface area contributed by atoms with E-state index in [1.807, 2.05) is 60.7 Å². The fraction of sp³-hybridized carbons (Fsp3) is 0.231. The van der Waals surface area contributed by atoms with Gasteiger partial charge in [-0.2, -0.15) is 0 Å². The Hall–Kier alpha value is -6.70. The summed E-state index contributed by atoms with van der Waals surface area (Å²) in [5.41, 5.74) is 20.0. The van der Waals surface area contributed by atoms with Crippen molar-refractivity contribution < 1.29 is 4.42 Å². The number of hydrogen-bond acceptors (Lipinski definition) is 1. The maximum Gasteiger partial charge on any atom is 0.135 e. The molecule has 0 fully saturated rings. The van der Waals surface area contributed by atoms with E-state index >= 15 is 0 Å². The summed E-state index contributed by atoms with van der Waals surface area (Å²) in [6, 6.07) is 46.4. The molecule has 1 aliphatic carbocycles. The van der Waals surface area contributed by atoms with Crippen LogP contribution in [0.15, 0.2) is 187 Å². The van der Waals surface area contributed by atoms with Crippen LogP contribution in [0.1, 0.15) is 106 Å². The number of furan rings is 1. The quantitative estimate of drug-likeness (QED) is 0.139. The van der Waals surface area contributed by atoms with E-state index in [2.05, 4.69) is 212 Å². The fourth-order valence-corrected chi connectivity index (χ4v) is 8.40. The number of fused-ring (bicyclic) bond motifs is 4. The van der Waals surface area contributed by atoms with Crippen LogP contribution in [0.5, 0.6) is 0 Å². The summed E-state index contributed by atoms with van der Waals surface area (Å²) < 4.78 is 5.60. The van der Waals surface area contributed by atoms with Crippen molar-refractivity contribution in [1.82, 2.24) is 0 Å². The van der Waals surface area contributed by atoms with Crippen LogP contribution < -0.4 is 10.6 Å². The average Bonchev–Trinajstić information content (AvgIpc) is 3.76. The first-order valence-corrected chi connectivity index (χ1v) is 23.5. The normalized spacial score (nSPS) is 12.5. The lowest BCUT2D eigenvalue weighted by atomic mass is 9.80. The number of para-hydroxylation sites is 1. The third-order valence-electron chi connectivity index (χ3n) is 12.0. The summed E-state index contributed by atoms with van der Waals surface area (Å²) >= 11 is 0.